The summed E-state index contributed by atoms with van der Waals surface area (Å²) in [5, 5.41) is 6.32. The Balaban J connectivity index is 0.00000264. The molecule has 23 heavy (non-hydrogen) atoms. The Morgan fingerprint density at radius 2 is 2.00 bits per heavy atom. The second kappa shape index (κ2) is 8.55. The van der Waals surface area contributed by atoms with Crippen molar-refractivity contribution in [2.75, 3.05) is 13.1 Å². The monoisotopic (exact) mass is 340 g/mol. The molecule has 4 nitrogen and oxygen atoms in total. The fourth-order valence-electron chi connectivity index (χ4n) is 2.59. The van der Waals surface area contributed by atoms with Crippen molar-refractivity contribution in [3.05, 3.63) is 29.8 Å². The van der Waals surface area contributed by atoms with Gasteiger partial charge in [0.05, 0.1) is 0 Å². The topological polar surface area (TPSA) is 50.4 Å². The highest BCUT2D eigenvalue weighted by molar-refractivity contribution is 5.85. The molecule has 1 amide bonds. The van der Waals surface area contributed by atoms with Crippen LogP contribution in [0.15, 0.2) is 24.3 Å². The number of hydrogen-bond donors (Lipinski definition) is 2. The summed E-state index contributed by atoms with van der Waals surface area (Å²) in [6.45, 7) is 10.0. The van der Waals surface area contributed by atoms with Crippen LogP contribution in [0.5, 0.6) is 5.75 Å². The predicted octanol–water partition coefficient (Wildman–Crippen LogP) is 3.04. The van der Waals surface area contributed by atoms with Crippen LogP contribution in [-0.2, 0) is 10.2 Å². The van der Waals surface area contributed by atoms with Gasteiger partial charge in [0.2, 0.25) is 0 Å². The first-order valence-corrected chi connectivity index (χ1v) is 8.14. The highest BCUT2D eigenvalue weighted by Crippen LogP contribution is 2.24. The van der Waals surface area contributed by atoms with Gasteiger partial charge in [-0.05, 0) is 49.4 Å². The fraction of sp³-hybridized carbons (Fsp3) is 0.611. The number of amides is 1. The van der Waals surface area contributed by atoms with Crippen LogP contribution in [0.1, 0.15) is 46.1 Å². The lowest BCUT2D eigenvalue weighted by atomic mass is 9.87. The van der Waals surface area contributed by atoms with Gasteiger partial charge in [-0.2, -0.15) is 0 Å². The van der Waals surface area contributed by atoms with Gasteiger partial charge in [0.1, 0.15) is 5.75 Å². The van der Waals surface area contributed by atoms with Gasteiger partial charge >= 0.3 is 0 Å². The van der Waals surface area contributed by atoms with E-state index in [0.29, 0.717) is 12.6 Å². The van der Waals surface area contributed by atoms with Crippen molar-refractivity contribution in [2.24, 2.45) is 0 Å². The minimum atomic E-state index is -0.484. The third kappa shape index (κ3) is 6.04. The van der Waals surface area contributed by atoms with Crippen molar-refractivity contribution in [3.8, 4) is 5.75 Å². The highest BCUT2D eigenvalue weighted by Gasteiger charge is 2.19. The van der Waals surface area contributed by atoms with E-state index in [1.807, 2.05) is 12.1 Å². The molecule has 0 saturated carbocycles. The van der Waals surface area contributed by atoms with Gasteiger partial charge in [-0.15, -0.1) is 12.4 Å². The molecule has 2 N–H and O–H groups in total. The number of carbonyl (C=O) groups excluding carboxylic acids is 1. The second-order valence-electron chi connectivity index (χ2n) is 7.07. The molecular weight excluding hydrogens is 312 g/mol. The summed E-state index contributed by atoms with van der Waals surface area (Å²) < 4.78 is 5.73. The molecule has 1 aliphatic heterocycles. The Morgan fingerprint density at radius 3 is 2.52 bits per heavy atom. The smallest absolute Gasteiger partial charge is 0.260 e. The molecule has 1 fully saturated rings. The average molecular weight is 341 g/mol. The van der Waals surface area contributed by atoms with Crippen molar-refractivity contribution in [3.63, 3.8) is 0 Å². The lowest BCUT2D eigenvalue weighted by Crippen LogP contribution is -2.42. The summed E-state index contributed by atoms with van der Waals surface area (Å²) in [5.41, 5.74) is 1.37. The molecule has 0 radical (unpaired) electrons. The van der Waals surface area contributed by atoms with E-state index in [4.69, 9.17) is 4.74 Å². The summed E-state index contributed by atoms with van der Waals surface area (Å²) in [4.78, 5) is 12.1. The van der Waals surface area contributed by atoms with E-state index in [2.05, 4.69) is 43.5 Å². The highest BCUT2D eigenvalue weighted by atomic mass is 35.5. The van der Waals surface area contributed by atoms with Crippen LogP contribution in [-0.4, -0.2) is 31.1 Å². The quantitative estimate of drug-likeness (QED) is 0.866. The average Bonchev–Trinajstić information content (AvgIpc) is 2.97. The molecule has 130 valence electrons. The van der Waals surface area contributed by atoms with Crippen molar-refractivity contribution in [1.82, 2.24) is 10.6 Å². The zero-order valence-corrected chi connectivity index (χ0v) is 15.3. The molecule has 2 atom stereocenters. The lowest BCUT2D eigenvalue weighted by molar-refractivity contribution is -0.127. The Bertz CT molecular complexity index is 491. The first-order valence-electron chi connectivity index (χ1n) is 8.14. The van der Waals surface area contributed by atoms with Crippen molar-refractivity contribution in [2.45, 2.75) is 58.1 Å². The van der Waals surface area contributed by atoms with Crippen LogP contribution in [0, 0.1) is 0 Å². The van der Waals surface area contributed by atoms with Crippen molar-refractivity contribution < 1.29 is 9.53 Å². The van der Waals surface area contributed by atoms with Gasteiger partial charge in [0, 0.05) is 12.6 Å². The largest absolute Gasteiger partial charge is 0.481 e. The molecule has 1 aromatic rings. The van der Waals surface area contributed by atoms with Crippen molar-refractivity contribution in [1.29, 1.82) is 0 Å². The molecule has 1 heterocycles. The van der Waals surface area contributed by atoms with E-state index in [1.54, 1.807) is 6.92 Å². The molecule has 0 aromatic heterocycles. The zero-order valence-electron chi connectivity index (χ0n) is 14.5. The fourth-order valence-corrected chi connectivity index (χ4v) is 2.59. The number of benzene rings is 1. The minimum Gasteiger partial charge on any atom is -0.481 e. The third-order valence-corrected chi connectivity index (χ3v) is 4.09. The Morgan fingerprint density at radius 1 is 1.35 bits per heavy atom. The molecular formula is C18H29ClN2O2. The maximum absolute atomic E-state index is 12.1. The van der Waals surface area contributed by atoms with Crippen LogP contribution in [0.2, 0.25) is 0 Å². The predicted molar refractivity (Wildman–Crippen MR) is 96.5 cm³/mol. The summed E-state index contributed by atoms with van der Waals surface area (Å²) in [5.74, 6) is 0.670. The van der Waals surface area contributed by atoms with Gasteiger partial charge in [-0.1, -0.05) is 32.9 Å². The van der Waals surface area contributed by atoms with E-state index >= 15 is 0 Å². The first-order chi connectivity index (χ1) is 10.4. The van der Waals surface area contributed by atoms with Crippen LogP contribution in [0.3, 0.4) is 0 Å². The molecule has 1 aromatic carbocycles. The summed E-state index contributed by atoms with van der Waals surface area (Å²) >= 11 is 0. The molecule has 1 saturated heterocycles. The van der Waals surface area contributed by atoms with Gasteiger partial charge in [-0.25, -0.2) is 0 Å². The normalized spacial score (nSPS) is 18.9. The van der Waals surface area contributed by atoms with Crippen LogP contribution < -0.4 is 15.4 Å². The summed E-state index contributed by atoms with van der Waals surface area (Å²) in [6, 6.07) is 8.39. The number of nitrogens with one attached hydrogen (secondary N) is 2. The summed E-state index contributed by atoms with van der Waals surface area (Å²) in [6.07, 6.45) is 1.83. The lowest BCUT2D eigenvalue weighted by Gasteiger charge is -2.20. The van der Waals surface area contributed by atoms with Gasteiger partial charge in [0.15, 0.2) is 6.10 Å². The number of halogens is 1. The number of rotatable bonds is 5. The molecule has 0 bridgehead atoms. The van der Waals surface area contributed by atoms with Gasteiger partial charge < -0.3 is 15.4 Å². The third-order valence-electron chi connectivity index (χ3n) is 4.09. The van der Waals surface area contributed by atoms with E-state index < -0.39 is 6.10 Å². The van der Waals surface area contributed by atoms with E-state index in [1.165, 1.54) is 12.0 Å². The number of hydrogen-bond acceptors (Lipinski definition) is 3. The molecule has 2 rings (SSSR count). The molecule has 0 spiro atoms. The molecule has 2 unspecified atom stereocenters. The van der Waals surface area contributed by atoms with Crippen molar-refractivity contribution >= 4 is 18.3 Å². The van der Waals surface area contributed by atoms with Gasteiger partial charge in [-0.3, -0.25) is 4.79 Å². The van der Waals surface area contributed by atoms with E-state index in [0.717, 1.165) is 18.7 Å². The van der Waals surface area contributed by atoms with Crippen LogP contribution in [0.25, 0.3) is 0 Å². The minimum absolute atomic E-state index is 0. The molecule has 5 heteroatoms. The van der Waals surface area contributed by atoms with Gasteiger partial charge in [0.25, 0.3) is 5.91 Å². The SMILES string of the molecule is CC(Oc1ccc(C(C)(C)C)cc1)C(=O)NCC1CCCN1.Cl. The molecule has 1 aliphatic rings. The number of carbonyl (C=O) groups is 1. The summed E-state index contributed by atoms with van der Waals surface area (Å²) in [7, 11) is 0. The van der Waals surface area contributed by atoms with E-state index in [9.17, 15) is 4.79 Å². The van der Waals surface area contributed by atoms with E-state index in [-0.39, 0.29) is 23.7 Å². The maximum Gasteiger partial charge on any atom is 0.260 e. The Hall–Kier alpha value is -1.26. The van der Waals surface area contributed by atoms with Crippen LogP contribution in [0.4, 0.5) is 0 Å². The molecule has 0 aliphatic carbocycles. The second-order valence-corrected chi connectivity index (χ2v) is 7.07. The standard InChI is InChI=1S/C18H28N2O2.ClH/c1-13(17(21)20-12-15-6-5-11-19-15)22-16-9-7-14(8-10-16)18(2,3)4;/h7-10,13,15,19H,5-6,11-12H2,1-4H3,(H,20,21);1H. The Labute approximate surface area is 145 Å². The zero-order chi connectivity index (χ0) is 16.2. The first kappa shape index (κ1) is 19.8. The Kier molecular flexibility index (Phi) is 7.36. The maximum atomic E-state index is 12.1. The number of ether oxygens (including phenoxy) is 1. The van der Waals surface area contributed by atoms with Crippen LogP contribution >= 0.6 is 12.4 Å².